The molecule has 0 aromatic heterocycles. The fourth-order valence-electron chi connectivity index (χ4n) is 3.10. The average molecular weight is 382 g/mol. The van der Waals surface area contributed by atoms with Crippen molar-refractivity contribution < 1.29 is 9.59 Å². The van der Waals surface area contributed by atoms with Crippen molar-refractivity contribution in [2.24, 2.45) is 0 Å². The van der Waals surface area contributed by atoms with Gasteiger partial charge >= 0.3 is 0 Å². The van der Waals surface area contributed by atoms with Gasteiger partial charge in [-0.2, -0.15) is 0 Å². The van der Waals surface area contributed by atoms with Gasteiger partial charge in [-0.05, 0) is 55.6 Å². The maximum atomic E-state index is 12.8. The van der Waals surface area contributed by atoms with Gasteiger partial charge in [0.05, 0.1) is 6.04 Å². The molecule has 2 aromatic rings. The minimum absolute atomic E-state index is 0.0271. The largest absolute Gasteiger partial charge is 0.355 e. The summed E-state index contributed by atoms with van der Waals surface area (Å²) in [7, 11) is 3.54. The van der Waals surface area contributed by atoms with Crippen LogP contribution in [0.2, 0.25) is 0 Å². The summed E-state index contributed by atoms with van der Waals surface area (Å²) < 4.78 is 0. The summed E-state index contributed by atoms with van der Waals surface area (Å²) in [5.41, 5.74) is 4.80. The van der Waals surface area contributed by atoms with E-state index in [1.807, 2.05) is 50.1 Å². The normalized spacial score (nSPS) is 12.1. The highest BCUT2D eigenvalue weighted by Crippen LogP contribution is 2.27. The smallest absolute Gasteiger partial charge is 0.251 e. The summed E-state index contributed by atoms with van der Waals surface area (Å²) in [6.45, 7) is 8.80. The van der Waals surface area contributed by atoms with Crippen LogP contribution >= 0.6 is 0 Å². The number of hydrogen-bond acceptors (Lipinski definition) is 3. The van der Waals surface area contributed by atoms with E-state index in [0.717, 1.165) is 22.4 Å². The monoisotopic (exact) mass is 381 g/mol. The maximum Gasteiger partial charge on any atom is 0.251 e. The lowest BCUT2D eigenvalue weighted by atomic mass is 9.98. The standard InChI is InChI=1S/C23H31N3O2/c1-15(2)20-9-7-8-16(3)21(20)25-22(27)17(4)26(6)14-18-10-12-19(13-11-18)23(28)24-5/h7-13,15,17H,14H2,1-6H3,(H,24,28)(H,25,27)/t17-/m0/s1. The predicted molar refractivity (Wildman–Crippen MR) is 115 cm³/mol. The minimum atomic E-state index is -0.293. The van der Waals surface area contributed by atoms with E-state index in [2.05, 4.69) is 30.5 Å². The van der Waals surface area contributed by atoms with Gasteiger partial charge < -0.3 is 10.6 Å². The average Bonchev–Trinajstić information content (AvgIpc) is 2.68. The van der Waals surface area contributed by atoms with E-state index < -0.39 is 0 Å². The molecule has 5 nitrogen and oxygen atoms in total. The fraction of sp³-hybridized carbons (Fsp3) is 0.391. The topological polar surface area (TPSA) is 61.4 Å². The SMILES string of the molecule is CNC(=O)c1ccc(CN(C)[C@@H](C)C(=O)Nc2c(C)cccc2C(C)C)cc1. The van der Waals surface area contributed by atoms with Crippen LogP contribution in [0.5, 0.6) is 0 Å². The van der Waals surface area contributed by atoms with Crippen molar-refractivity contribution in [1.82, 2.24) is 10.2 Å². The first-order chi connectivity index (χ1) is 13.2. The van der Waals surface area contributed by atoms with Crippen LogP contribution in [0.3, 0.4) is 0 Å². The lowest BCUT2D eigenvalue weighted by Crippen LogP contribution is -2.39. The molecule has 0 aliphatic heterocycles. The molecule has 0 radical (unpaired) electrons. The number of hydrogen-bond donors (Lipinski definition) is 2. The Balaban J connectivity index is 2.06. The zero-order chi connectivity index (χ0) is 20.8. The van der Waals surface area contributed by atoms with Gasteiger partial charge in [0, 0.05) is 24.8 Å². The Morgan fingerprint density at radius 3 is 2.25 bits per heavy atom. The molecule has 0 fully saturated rings. The van der Waals surface area contributed by atoms with Crippen LogP contribution < -0.4 is 10.6 Å². The van der Waals surface area contributed by atoms with Gasteiger partial charge in [-0.25, -0.2) is 0 Å². The van der Waals surface area contributed by atoms with Gasteiger partial charge in [-0.3, -0.25) is 14.5 Å². The highest BCUT2D eigenvalue weighted by Gasteiger charge is 2.20. The summed E-state index contributed by atoms with van der Waals surface area (Å²) in [4.78, 5) is 26.5. The first-order valence-corrected chi connectivity index (χ1v) is 9.66. The molecule has 0 saturated heterocycles. The van der Waals surface area contributed by atoms with Crippen LogP contribution in [-0.4, -0.2) is 36.9 Å². The summed E-state index contributed by atoms with van der Waals surface area (Å²) >= 11 is 0. The summed E-state index contributed by atoms with van der Waals surface area (Å²) in [6, 6.07) is 13.3. The molecular weight excluding hydrogens is 350 g/mol. The third-order valence-electron chi connectivity index (χ3n) is 5.09. The second-order valence-electron chi connectivity index (χ2n) is 7.55. The van der Waals surface area contributed by atoms with Crippen molar-refractivity contribution in [2.45, 2.75) is 46.2 Å². The second-order valence-corrected chi connectivity index (χ2v) is 7.55. The Bertz CT molecular complexity index is 828. The van der Waals surface area contributed by atoms with E-state index in [4.69, 9.17) is 0 Å². The zero-order valence-corrected chi connectivity index (χ0v) is 17.7. The highest BCUT2D eigenvalue weighted by atomic mass is 16.2. The number of likely N-dealkylation sites (N-methyl/N-ethyl adjacent to an activating group) is 1. The number of benzene rings is 2. The molecule has 2 rings (SSSR count). The van der Waals surface area contributed by atoms with Crippen LogP contribution in [0, 0.1) is 6.92 Å². The second kappa shape index (κ2) is 9.51. The molecule has 5 heteroatoms. The Morgan fingerprint density at radius 2 is 1.68 bits per heavy atom. The molecule has 2 N–H and O–H groups in total. The van der Waals surface area contributed by atoms with E-state index >= 15 is 0 Å². The number of nitrogens with one attached hydrogen (secondary N) is 2. The molecule has 0 bridgehead atoms. The van der Waals surface area contributed by atoms with E-state index in [0.29, 0.717) is 18.0 Å². The van der Waals surface area contributed by atoms with Gasteiger partial charge in [0.1, 0.15) is 0 Å². The molecule has 1 atom stereocenters. The maximum absolute atomic E-state index is 12.8. The molecular formula is C23H31N3O2. The van der Waals surface area contributed by atoms with Gasteiger partial charge in [-0.1, -0.05) is 44.2 Å². The van der Waals surface area contributed by atoms with Crippen LogP contribution in [0.25, 0.3) is 0 Å². The third kappa shape index (κ3) is 5.20. The summed E-state index contributed by atoms with van der Waals surface area (Å²) in [6.07, 6.45) is 0. The van der Waals surface area contributed by atoms with Crippen molar-refractivity contribution in [3.63, 3.8) is 0 Å². The van der Waals surface area contributed by atoms with E-state index in [-0.39, 0.29) is 17.9 Å². The molecule has 28 heavy (non-hydrogen) atoms. The zero-order valence-electron chi connectivity index (χ0n) is 17.7. The van der Waals surface area contributed by atoms with Crippen LogP contribution in [0.4, 0.5) is 5.69 Å². The number of amides is 2. The van der Waals surface area contributed by atoms with Crippen LogP contribution in [0.1, 0.15) is 53.7 Å². The molecule has 0 unspecified atom stereocenters. The third-order valence-corrected chi connectivity index (χ3v) is 5.09. The first-order valence-electron chi connectivity index (χ1n) is 9.66. The fourth-order valence-corrected chi connectivity index (χ4v) is 3.10. The number of carbonyl (C=O) groups excluding carboxylic acids is 2. The molecule has 0 heterocycles. The number of carbonyl (C=O) groups is 2. The van der Waals surface area contributed by atoms with E-state index in [9.17, 15) is 9.59 Å². The lowest BCUT2D eigenvalue weighted by molar-refractivity contribution is -0.120. The lowest BCUT2D eigenvalue weighted by Gasteiger charge is -2.25. The highest BCUT2D eigenvalue weighted by molar-refractivity contribution is 5.96. The van der Waals surface area contributed by atoms with Gasteiger partial charge in [0.2, 0.25) is 5.91 Å². The first kappa shape index (κ1) is 21.6. The molecule has 0 spiro atoms. The summed E-state index contributed by atoms with van der Waals surface area (Å²) in [5, 5.41) is 5.74. The number of anilines is 1. The van der Waals surface area contributed by atoms with E-state index in [1.54, 1.807) is 19.2 Å². The molecule has 2 aromatic carbocycles. The van der Waals surface area contributed by atoms with Crippen molar-refractivity contribution >= 4 is 17.5 Å². The molecule has 0 aliphatic rings. The van der Waals surface area contributed by atoms with Crippen LogP contribution in [0.15, 0.2) is 42.5 Å². The van der Waals surface area contributed by atoms with Crippen molar-refractivity contribution in [1.29, 1.82) is 0 Å². The van der Waals surface area contributed by atoms with E-state index in [1.165, 1.54) is 0 Å². The number of nitrogens with zero attached hydrogens (tertiary/aromatic N) is 1. The number of rotatable bonds is 7. The summed E-state index contributed by atoms with van der Waals surface area (Å²) in [5.74, 6) is 0.203. The van der Waals surface area contributed by atoms with Crippen molar-refractivity contribution in [3.8, 4) is 0 Å². The Labute approximate surface area is 168 Å². The van der Waals surface area contributed by atoms with Gasteiger partial charge in [0.15, 0.2) is 0 Å². The van der Waals surface area contributed by atoms with Crippen molar-refractivity contribution in [2.75, 3.05) is 19.4 Å². The number of para-hydroxylation sites is 1. The Kier molecular flexibility index (Phi) is 7.35. The van der Waals surface area contributed by atoms with Crippen molar-refractivity contribution in [3.05, 3.63) is 64.7 Å². The molecule has 2 amide bonds. The van der Waals surface area contributed by atoms with Gasteiger partial charge in [-0.15, -0.1) is 0 Å². The molecule has 0 saturated carbocycles. The molecule has 0 aliphatic carbocycles. The molecule has 150 valence electrons. The predicted octanol–water partition coefficient (Wildman–Crippen LogP) is 3.94. The Morgan fingerprint density at radius 1 is 1.04 bits per heavy atom. The quantitative estimate of drug-likeness (QED) is 0.764. The van der Waals surface area contributed by atoms with Crippen LogP contribution in [-0.2, 0) is 11.3 Å². The van der Waals surface area contributed by atoms with Gasteiger partial charge in [0.25, 0.3) is 5.91 Å². The Hall–Kier alpha value is -2.66. The number of aryl methyl sites for hydroxylation is 1. The minimum Gasteiger partial charge on any atom is -0.355 e.